The molecule has 100 valence electrons. The summed E-state index contributed by atoms with van der Waals surface area (Å²) in [5, 5.41) is 0. The van der Waals surface area contributed by atoms with E-state index < -0.39 is 0 Å². The van der Waals surface area contributed by atoms with Crippen LogP contribution < -0.4 is 5.73 Å². The van der Waals surface area contributed by atoms with E-state index >= 15 is 0 Å². The molecule has 0 unspecified atom stereocenters. The molecule has 0 bridgehead atoms. The summed E-state index contributed by atoms with van der Waals surface area (Å²) in [6.45, 7) is 0. The number of imidazole rings is 1. The molecule has 0 atom stereocenters. The van der Waals surface area contributed by atoms with E-state index in [0.29, 0.717) is 6.04 Å². The number of nitrogens with two attached hydrogens (primary N) is 1. The largest absolute Gasteiger partial charge is 0.398 e. The predicted molar refractivity (Wildman–Crippen MR) is 79.5 cm³/mol. The maximum Gasteiger partial charge on any atom is 0.160 e. The number of fused-ring (bicyclic) bond motifs is 1. The summed E-state index contributed by atoms with van der Waals surface area (Å²) in [5.41, 5.74) is 9.99. The average molecular weight is 264 g/mol. The van der Waals surface area contributed by atoms with Gasteiger partial charge in [-0.05, 0) is 36.6 Å². The molecule has 20 heavy (non-hydrogen) atoms. The molecule has 2 aromatic heterocycles. The van der Waals surface area contributed by atoms with Crippen molar-refractivity contribution in [3.05, 3.63) is 54.0 Å². The smallest absolute Gasteiger partial charge is 0.160 e. The number of hydrogen-bond acceptors (Lipinski definition) is 3. The first-order valence-corrected chi connectivity index (χ1v) is 6.98. The molecule has 2 heterocycles. The number of benzene rings is 1. The van der Waals surface area contributed by atoms with Crippen LogP contribution in [0.3, 0.4) is 0 Å². The van der Waals surface area contributed by atoms with Crippen molar-refractivity contribution >= 4 is 16.9 Å². The van der Waals surface area contributed by atoms with E-state index in [1.165, 1.54) is 12.8 Å². The molecule has 4 heteroatoms. The van der Waals surface area contributed by atoms with Crippen LogP contribution in [0.4, 0.5) is 5.69 Å². The van der Waals surface area contributed by atoms with Gasteiger partial charge in [-0.15, -0.1) is 0 Å². The Bertz CT molecular complexity index is 771. The molecule has 0 saturated heterocycles. The molecular weight excluding hydrogens is 248 g/mol. The normalized spacial score (nSPS) is 14.8. The Balaban J connectivity index is 1.83. The van der Waals surface area contributed by atoms with Gasteiger partial charge in [-0.25, -0.2) is 9.97 Å². The van der Waals surface area contributed by atoms with Crippen LogP contribution >= 0.6 is 0 Å². The molecule has 2 N–H and O–H groups in total. The van der Waals surface area contributed by atoms with Gasteiger partial charge in [0.2, 0.25) is 0 Å². The molecule has 0 aliphatic heterocycles. The second-order valence-corrected chi connectivity index (χ2v) is 5.35. The van der Waals surface area contributed by atoms with Crippen LogP contribution in [0.2, 0.25) is 0 Å². The van der Waals surface area contributed by atoms with Crippen molar-refractivity contribution in [1.29, 1.82) is 0 Å². The number of rotatable bonds is 3. The summed E-state index contributed by atoms with van der Waals surface area (Å²) in [6.07, 6.45) is 5.04. The topological polar surface area (TPSA) is 56.7 Å². The van der Waals surface area contributed by atoms with Gasteiger partial charge in [0.15, 0.2) is 5.65 Å². The second kappa shape index (κ2) is 4.34. The number of para-hydroxylation sites is 1. The zero-order valence-electron chi connectivity index (χ0n) is 11.2. The van der Waals surface area contributed by atoms with E-state index in [2.05, 4.69) is 15.6 Å². The Morgan fingerprint density at radius 1 is 1.15 bits per heavy atom. The minimum Gasteiger partial charge on any atom is -0.398 e. The molecule has 4 nitrogen and oxygen atoms in total. The van der Waals surface area contributed by atoms with E-state index in [1.54, 1.807) is 0 Å². The fraction of sp³-hybridized carbons (Fsp3) is 0.250. The quantitative estimate of drug-likeness (QED) is 0.740. The van der Waals surface area contributed by atoms with Gasteiger partial charge in [0.05, 0.1) is 0 Å². The number of pyridine rings is 1. The standard InChI is InChI=1S/C16H16N4/c17-13-5-2-1-4-11(13)10-15-19-14-6-3-9-18-16(14)20(15)12-7-8-12/h1-6,9,12H,7-8,10,17H2. The lowest BCUT2D eigenvalue weighted by Crippen LogP contribution is -2.04. The molecule has 4 rings (SSSR count). The van der Waals surface area contributed by atoms with Crippen molar-refractivity contribution in [2.45, 2.75) is 25.3 Å². The first-order valence-electron chi connectivity index (χ1n) is 6.98. The minimum atomic E-state index is 0.565. The Labute approximate surface area is 117 Å². The fourth-order valence-electron chi connectivity index (χ4n) is 2.68. The molecule has 0 spiro atoms. The van der Waals surface area contributed by atoms with Gasteiger partial charge in [0.1, 0.15) is 11.3 Å². The molecule has 0 amide bonds. The first kappa shape index (κ1) is 11.5. The third kappa shape index (κ3) is 1.84. The van der Waals surface area contributed by atoms with Crippen LogP contribution in [0.25, 0.3) is 11.2 Å². The number of hydrogen-bond donors (Lipinski definition) is 1. The van der Waals surface area contributed by atoms with Crippen molar-refractivity contribution in [2.24, 2.45) is 0 Å². The first-order chi connectivity index (χ1) is 9.83. The Morgan fingerprint density at radius 3 is 2.80 bits per heavy atom. The molecule has 1 saturated carbocycles. The van der Waals surface area contributed by atoms with Gasteiger partial charge in [-0.1, -0.05) is 18.2 Å². The third-order valence-corrected chi connectivity index (χ3v) is 3.84. The van der Waals surface area contributed by atoms with E-state index in [4.69, 9.17) is 10.7 Å². The van der Waals surface area contributed by atoms with E-state index in [1.807, 2.05) is 36.5 Å². The highest BCUT2D eigenvalue weighted by Gasteiger charge is 2.28. The SMILES string of the molecule is Nc1ccccc1Cc1nc2cccnc2n1C1CC1. The summed E-state index contributed by atoms with van der Waals surface area (Å²) in [4.78, 5) is 9.25. The van der Waals surface area contributed by atoms with Crippen LogP contribution in [0.15, 0.2) is 42.6 Å². The summed E-state index contributed by atoms with van der Waals surface area (Å²) in [6, 6.07) is 12.5. The third-order valence-electron chi connectivity index (χ3n) is 3.84. The summed E-state index contributed by atoms with van der Waals surface area (Å²) < 4.78 is 2.29. The highest BCUT2D eigenvalue weighted by molar-refractivity contribution is 5.71. The fourth-order valence-corrected chi connectivity index (χ4v) is 2.68. The number of anilines is 1. The predicted octanol–water partition coefficient (Wildman–Crippen LogP) is 2.94. The molecule has 1 fully saturated rings. The Morgan fingerprint density at radius 2 is 2.00 bits per heavy atom. The molecule has 1 aliphatic rings. The second-order valence-electron chi connectivity index (χ2n) is 5.35. The Hall–Kier alpha value is -2.36. The summed E-state index contributed by atoms with van der Waals surface area (Å²) in [7, 11) is 0. The highest BCUT2D eigenvalue weighted by Crippen LogP contribution is 2.38. The van der Waals surface area contributed by atoms with Gasteiger partial charge in [-0.2, -0.15) is 0 Å². The maximum absolute atomic E-state index is 6.05. The maximum atomic E-state index is 6.05. The van der Waals surface area contributed by atoms with Crippen LogP contribution in [0, 0.1) is 0 Å². The van der Waals surface area contributed by atoms with Crippen LogP contribution in [0.5, 0.6) is 0 Å². The zero-order chi connectivity index (χ0) is 13.5. The van der Waals surface area contributed by atoms with Crippen molar-refractivity contribution in [2.75, 3.05) is 5.73 Å². The van der Waals surface area contributed by atoms with Crippen molar-refractivity contribution < 1.29 is 0 Å². The molecule has 3 aromatic rings. The van der Waals surface area contributed by atoms with E-state index in [-0.39, 0.29) is 0 Å². The van der Waals surface area contributed by atoms with Gasteiger partial charge >= 0.3 is 0 Å². The van der Waals surface area contributed by atoms with Crippen molar-refractivity contribution in [1.82, 2.24) is 14.5 Å². The van der Waals surface area contributed by atoms with E-state index in [9.17, 15) is 0 Å². The molecule has 1 aliphatic carbocycles. The molecule has 1 aromatic carbocycles. The monoisotopic (exact) mass is 264 g/mol. The lowest BCUT2D eigenvalue weighted by molar-refractivity contribution is 0.709. The van der Waals surface area contributed by atoms with Gasteiger partial charge < -0.3 is 10.3 Å². The summed E-state index contributed by atoms with van der Waals surface area (Å²) >= 11 is 0. The number of nitrogens with zero attached hydrogens (tertiary/aromatic N) is 3. The Kier molecular flexibility index (Phi) is 2.49. The van der Waals surface area contributed by atoms with Gasteiger partial charge in [-0.3, -0.25) is 0 Å². The van der Waals surface area contributed by atoms with Crippen LogP contribution in [0.1, 0.15) is 30.3 Å². The van der Waals surface area contributed by atoms with E-state index in [0.717, 1.165) is 34.7 Å². The lowest BCUT2D eigenvalue weighted by Gasteiger charge is -2.08. The lowest BCUT2D eigenvalue weighted by atomic mass is 10.1. The van der Waals surface area contributed by atoms with Gasteiger partial charge in [0.25, 0.3) is 0 Å². The molecule has 0 radical (unpaired) electrons. The average Bonchev–Trinajstić information content (AvgIpc) is 3.23. The minimum absolute atomic E-state index is 0.565. The summed E-state index contributed by atoms with van der Waals surface area (Å²) in [5.74, 6) is 1.07. The molecular formula is C16H16N4. The van der Waals surface area contributed by atoms with Crippen molar-refractivity contribution in [3.8, 4) is 0 Å². The van der Waals surface area contributed by atoms with Crippen LogP contribution in [-0.2, 0) is 6.42 Å². The van der Waals surface area contributed by atoms with Gasteiger partial charge in [0, 0.05) is 24.3 Å². The highest BCUT2D eigenvalue weighted by atomic mass is 15.2. The number of nitrogen functional groups attached to an aromatic ring is 1. The van der Waals surface area contributed by atoms with Crippen LogP contribution in [-0.4, -0.2) is 14.5 Å². The van der Waals surface area contributed by atoms with Crippen molar-refractivity contribution in [3.63, 3.8) is 0 Å². The number of aromatic nitrogens is 3. The zero-order valence-corrected chi connectivity index (χ0v) is 11.2.